The molecule has 1 heterocycles. The minimum atomic E-state index is -0.255. The van der Waals surface area contributed by atoms with Crippen molar-refractivity contribution in [3.8, 4) is 0 Å². The lowest BCUT2D eigenvalue weighted by molar-refractivity contribution is -0.0681. The first-order chi connectivity index (χ1) is 10.5. The molecule has 2 nitrogen and oxygen atoms in total. The van der Waals surface area contributed by atoms with Crippen molar-refractivity contribution in [2.75, 3.05) is 6.61 Å². The van der Waals surface area contributed by atoms with Crippen molar-refractivity contribution in [1.82, 2.24) is 0 Å². The number of aliphatic hydroxyl groups excluding tert-OH is 1. The summed E-state index contributed by atoms with van der Waals surface area (Å²) in [4.78, 5) is 0. The summed E-state index contributed by atoms with van der Waals surface area (Å²) in [5.74, 6) is 0.354. The zero-order valence-corrected chi connectivity index (χ0v) is 14.0. The second-order valence-electron chi connectivity index (χ2n) is 7.42. The Labute approximate surface area is 134 Å². The monoisotopic (exact) mass is 300 g/mol. The molecule has 3 rings (SSSR count). The quantitative estimate of drug-likeness (QED) is 0.837. The van der Waals surface area contributed by atoms with Gasteiger partial charge in [-0.1, -0.05) is 63.1 Å². The van der Waals surface area contributed by atoms with Gasteiger partial charge in [0.25, 0.3) is 0 Å². The summed E-state index contributed by atoms with van der Waals surface area (Å²) in [5, 5.41) is 10.2. The average Bonchev–Trinajstić information content (AvgIpc) is 2.52. The van der Waals surface area contributed by atoms with Gasteiger partial charge >= 0.3 is 0 Å². The van der Waals surface area contributed by atoms with Crippen LogP contribution >= 0.6 is 0 Å². The van der Waals surface area contributed by atoms with E-state index >= 15 is 0 Å². The predicted molar refractivity (Wildman–Crippen MR) is 89.7 cm³/mol. The Balaban J connectivity index is 1.74. The maximum absolute atomic E-state index is 10.2. The van der Waals surface area contributed by atoms with Crippen molar-refractivity contribution < 1.29 is 9.84 Å². The normalized spacial score (nSPS) is 30.5. The Morgan fingerprint density at radius 1 is 1.23 bits per heavy atom. The molecule has 0 unspecified atom stereocenters. The van der Waals surface area contributed by atoms with E-state index in [0.29, 0.717) is 5.92 Å². The Morgan fingerprint density at radius 3 is 2.64 bits per heavy atom. The first-order valence-corrected chi connectivity index (χ1v) is 8.59. The van der Waals surface area contributed by atoms with Crippen molar-refractivity contribution in [2.24, 2.45) is 11.3 Å². The van der Waals surface area contributed by atoms with E-state index in [-0.39, 0.29) is 17.6 Å². The smallest absolute Gasteiger partial charge is 0.0862 e. The molecule has 1 aliphatic heterocycles. The van der Waals surface area contributed by atoms with Crippen molar-refractivity contribution in [2.45, 2.75) is 58.7 Å². The van der Waals surface area contributed by atoms with Gasteiger partial charge in [-0.05, 0) is 35.8 Å². The molecule has 0 amide bonds. The Kier molecular flexibility index (Phi) is 4.42. The van der Waals surface area contributed by atoms with E-state index in [0.717, 1.165) is 25.9 Å². The summed E-state index contributed by atoms with van der Waals surface area (Å²) in [6.45, 7) is 7.26. The third-order valence-electron chi connectivity index (χ3n) is 5.58. The van der Waals surface area contributed by atoms with Crippen LogP contribution in [0.2, 0.25) is 0 Å². The van der Waals surface area contributed by atoms with Crippen molar-refractivity contribution in [3.05, 3.63) is 47.0 Å². The maximum atomic E-state index is 10.2. The molecule has 2 aliphatic rings. The standard InChI is InChI=1S/C20H28O2/c1-4-5-14-6-8-15(9-7-14)18-12-16-10-11-19(21)20(2,3)17(16)13-22-18/h6-10,17-19,21H,4-5,11-13H2,1-3H3/t17-,18-,19+/m0/s1. The van der Waals surface area contributed by atoms with Gasteiger partial charge in [0.2, 0.25) is 0 Å². The minimum absolute atomic E-state index is 0.0833. The zero-order valence-electron chi connectivity index (χ0n) is 14.0. The molecular weight excluding hydrogens is 272 g/mol. The van der Waals surface area contributed by atoms with E-state index in [4.69, 9.17) is 4.74 Å². The van der Waals surface area contributed by atoms with E-state index in [1.54, 1.807) is 0 Å². The summed E-state index contributed by atoms with van der Waals surface area (Å²) in [5.41, 5.74) is 4.08. The molecule has 0 aromatic heterocycles. The largest absolute Gasteiger partial charge is 0.392 e. The van der Waals surface area contributed by atoms with Gasteiger partial charge in [-0.2, -0.15) is 0 Å². The fourth-order valence-electron chi connectivity index (χ4n) is 3.85. The predicted octanol–water partition coefficient (Wildman–Crippen LogP) is 4.43. The van der Waals surface area contributed by atoms with Crippen LogP contribution in [0.5, 0.6) is 0 Å². The number of hydrogen-bond donors (Lipinski definition) is 1. The van der Waals surface area contributed by atoms with Gasteiger partial charge in [0.15, 0.2) is 0 Å². The van der Waals surface area contributed by atoms with Crippen LogP contribution in [0.25, 0.3) is 0 Å². The second kappa shape index (κ2) is 6.17. The van der Waals surface area contributed by atoms with E-state index in [2.05, 4.69) is 51.1 Å². The number of aryl methyl sites for hydroxylation is 1. The molecule has 0 bridgehead atoms. The van der Waals surface area contributed by atoms with E-state index in [1.165, 1.54) is 23.1 Å². The Hall–Kier alpha value is -1.12. The topological polar surface area (TPSA) is 29.5 Å². The Morgan fingerprint density at radius 2 is 1.95 bits per heavy atom. The highest BCUT2D eigenvalue weighted by Crippen LogP contribution is 2.47. The summed E-state index contributed by atoms with van der Waals surface area (Å²) >= 11 is 0. The van der Waals surface area contributed by atoms with Gasteiger partial charge < -0.3 is 9.84 Å². The first kappa shape index (κ1) is 15.8. The SMILES string of the molecule is CCCc1ccc([C@@H]2CC3=CC[C@@H](O)C(C)(C)[C@H]3CO2)cc1. The fourth-order valence-corrected chi connectivity index (χ4v) is 3.85. The molecule has 0 radical (unpaired) electrons. The fraction of sp³-hybridized carbons (Fsp3) is 0.600. The highest BCUT2D eigenvalue weighted by Gasteiger charge is 2.43. The van der Waals surface area contributed by atoms with Crippen molar-refractivity contribution in [1.29, 1.82) is 0 Å². The van der Waals surface area contributed by atoms with E-state index in [1.807, 2.05) is 0 Å². The van der Waals surface area contributed by atoms with Gasteiger partial charge in [0, 0.05) is 5.92 Å². The lowest BCUT2D eigenvalue weighted by atomic mass is 9.65. The number of ether oxygens (including phenoxy) is 1. The van der Waals surface area contributed by atoms with E-state index < -0.39 is 0 Å². The Bertz CT molecular complexity index is 541. The van der Waals surface area contributed by atoms with Crippen LogP contribution in [-0.4, -0.2) is 17.8 Å². The molecule has 3 atom stereocenters. The maximum Gasteiger partial charge on any atom is 0.0862 e. The first-order valence-electron chi connectivity index (χ1n) is 8.59. The lowest BCUT2D eigenvalue weighted by Gasteiger charge is -2.46. The second-order valence-corrected chi connectivity index (χ2v) is 7.42. The summed E-state index contributed by atoms with van der Waals surface area (Å²) < 4.78 is 6.17. The van der Waals surface area contributed by atoms with Crippen molar-refractivity contribution >= 4 is 0 Å². The molecule has 1 saturated heterocycles. The summed E-state index contributed by atoms with van der Waals surface area (Å²) in [6, 6.07) is 8.91. The summed E-state index contributed by atoms with van der Waals surface area (Å²) in [7, 11) is 0. The number of rotatable bonds is 3. The lowest BCUT2D eigenvalue weighted by Crippen LogP contribution is -2.44. The van der Waals surface area contributed by atoms with Crippen LogP contribution in [0.15, 0.2) is 35.9 Å². The summed E-state index contributed by atoms with van der Waals surface area (Å²) in [6.07, 6.45) is 6.24. The third-order valence-corrected chi connectivity index (χ3v) is 5.58. The number of fused-ring (bicyclic) bond motifs is 1. The van der Waals surface area contributed by atoms with Crippen LogP contribution in [-0.2, 0) is 11.2 Å². The number of aliphatic hydroxyl groups is 1. The molecular formula is C20H28O2. The minimum Gasteiger partial charge on any atom is -0.392 e. The van der Waals surface area contributed by atoms with E-state index in [9.17, 15) is 5.11 Å². The van der Waals surface area contributed by atoms with Crippen LogP contribution < -0.4 is 0 Å². The molecule has 1 aromatic carbocycles. The molecule has 1 aromatic rings. The molecule has 1 N–H and O–H groups in total. The third kappa shape index (κ3) is 2.87. The van der Waals surface area contributed by atoms with Gasteiger partial charge in [0.1, 0.15) is 0 Å². The molecule has 0 spiro atoms. The molecule has 0 saturated carbocycles. The van der Waals surface area contributed by atoms with Crippen molar-refractivity contribution in [3.63, 3.8) is 0 Å². The average molecular weight is 300 g/mol. The van der Waals surface area contributed by atoms with Crippen LogP contribution in [0, 0.1) is 11.3 Å². The van der Waals surface area contributed by atoms with Gasteiger partial charge in [-0.15, -0.1) is 0 Å². The molecule has 1 fully saturated rings. The molecule has 1 aliphatic carbocycles. The van der Waals surface area contributed by atoms with Gasteiger partial charge in [-0.3, -0.25) is 0 Å². The van der Waals surface area contributed by atoms with Gasteiger partial charge in [0.05, 0.1) is 18.8 Å². The van der Waals surface area contributed by atoms with Crippen LogP contribution in [0.4, 0.5) is 0 Å². The highest BCUT2D eigenvalue weighted by molar-refractivity contribution is 5.28. The molecule has 22 heavy (non-hydrogen) atoms. The van der Waals surface area contributed by atoms with Crippen LogP contribution in [0.3, 0.4) is 0 Å². The molecule has 120 valence electrons. The number of hydrogen-bond acceptors (Lipinski definition) is 2. The highest BCUT2D eigenvalue weighted by atomic mass is 16.5. The van der Waals surface area contributed by atoms with Gasteiger partial charge in [-0.25, -0.2) is 0 Å². The zero-order chi connectivity index (χ0) is 15.7. The number of benzene rings is 1. The molecule has 2 heteroatoms. The van der Waals surface area contributed by atoms with Crippen LogP contribution in [0.1, 0.15) is 57.3 Å².